The van der Waals surface area contributed by atoms with Crippen molar-refractivity contribution in [1.82, 2.24) is 10.3 Å². The molecule has 0 unspecified atom stereocenters. The van der Waals surface area contributed by atoms with Crippen LogP contribution in [-0.4, -0.2) is 21.9 Å². The highest BCUT2D eigenvalue weighted by Crippen LogP contribution is 2.30. The minimum absolute atomic E-state index is 0.00516. The number of nitrogens with zero attached hydrogens (tertiary/aromatic N) is 2. The van der Waals surface area contributed by atoms with E-state index in [1.54, 1.807) is 41.7 Å². The van der Waals surface area contributed by atoms with Gasteiger partial charge in [0.15, 0.2) is 5.11 Å². The first kappa shape index (κ1) is 22.3. The van der Waals surface area contributed by atoms with Crippen LogP contribution in [0.25, 0.3) is 16.6 Å². The lowest BCUT2D eigenvalue weighted by molar-refractivity contribution is -0.122. The fourth-order valence-electron chi connectivity index (χ4n) is 3.12. The third-order valence-electron chi connectivity index (χ3n) is 4.93. The fraction of sp³-hybridized carbons (Fsp3) is 0.167. The molecule has 0 bridgehead atoms. The number of hydrogen-bond acceptors (Lipinski definition) is 5. The van der Waals surface area contributed by atoms with E-state index >= 15 is 0 Å². The summed E-state index contributed by atoms with van der Waals surface area (Å²) >= 11 is 12.8. The van der Waals surface area contributed by atoms with Crippen LogP contribution >= 0.6 is 35.2 Å². The molecule has 2 aromatic carbocycles. The Morgan fingerprint density at radius 1 is 1.06 bits per heavy atom. The van der Waals surface area contributed by atoms with Gasteiger partial charge in [0.05, 0.1) is 11.4 Å². The van der Waals surface area contributed by atoms with Crippen molar-refractivity contribution in [2.24, 2.45) is 0 Å². The Morgan fingerprint density at radius 3 is 2.31 bits per heavy atom. The van der Waals surface area contributed by atoms with Crippen molar-refractivity contribution in [3.8, 4) is 10.6 Å². The van der Waals surface area contributed by atoms with Gasteiger partial charge in [-0.2, -0.15) is 0 Å². The summed E-state index contributed by atoms with van der Waals surface area (Å²) in [7, 11) is 0. The van der Waals surface area contributed by atoms with Gasteiger partial charge in [-0.15, -0.1) is 11.3 Å². The van der Waals surface area contributed by atoms with Crippen LogP contribution in [0.4, 0.5) is 5.69 Å². The van der Waals surface area contributed by atoms with Gasteiger partial charge in [0.1, 0.15) is 10.6 Å². The number of halogens is 1. The Hall–Kier alpha value is -2.87. The topological polar surface area (TPSA) is 62.3 Å². The number of thiazole rings is 1. The number of benzene rings is 2. The van der Waals surface area contributed by atoms with Gasteiger partial charge in [0.25, 0.3) is 11.8 Å². The molecule has 5 nitrogen and oxygen atoms in total. The minimum atomic E-state index is -0.524. The zero-order valence-corrected chi connectivity index (χ0v) is 20.1. The van der Waals surface area contributed by atoms with E-state index in [2.05, 4.69) is 31.5 Å². The van der Waals surface area contributed by atoms with Gasteiger partial charge in [0.2, 0.25) is 0 Å². The Kier molecular flexibility index (Phi) is 5.99. The smallest absolute Gasteiger partial charge is 0.270 e. The molecule has 0 spiro atoms. The molecule has 0 saturated carbocycles. The predicted molar refractivity (Wildman–Crippen MR) is 134 cm³/mol. The molecule has 2 amide bonds. The van der Waals surface area contributed by atoms with E-state index in [1.165, 1.54) is 4.90 Å². The number of hydrogen-bond donors (Lipinski definition) is 1. The second-order valence-electron chi connectivity index (χ2n) is 8.34. The van der Waals surface area contributed by atoms with Gasteiger partial charge in [0, 0.05) is 21.4 Å². The summed E-state index contributed by atoms with van der Waals surface area (Å²) < 4.78 is 0. The quantitative estimate of drug-likeness (QED) is 0.301. The van der Waals surface area contributed by atoms with Crippen LogP contribution in [0.15, 0.2) is 59.5 Å². The van der Waals surface area contributed by atoms with E-state index in [0.717, 1.165) is 21.8 Å². The van der Waals surface area contributed by atoms with Gasteiger partial charge < -0.3 is 0 Å². The van der Waals surface area contributed by atoms with Gasteiger partial charge >= 0.3 is 0 Å². The second-order valence-corrected chi connectivity index (χ2v) is 10.0. The molecule has 3 aromatic rings. The molecule has 1 fully saturated rings. The Balaban J connectivity index is 1.61. The molecule has 0 atom stereocenters. The molecule has 0 radical (unpaired) electrons. The number of amides is 2. The van der Waals surface area contributed by atoms with E-state index in [4.69, 9.17) is 28.8 Å². The van der Waals surface area contributed by atoms with Crippen molar-refractivity contribution < 1.29 is 9.59 Å². The highest BCUT2D eigenvalue weighted by Gasteiger charge is 2.34. The first-order chi connectivity index (χ1) is 15.1. The number of rotatable bonds is 3. The van der Waals surface area contributed by atoms with E-state index in [-0.39, 0.29) is 16.1 Å². The second kappa shape index (κ2) is 8.58. The number of nitrogens with one attached hydrogen (secondary N) is 1. The number of thiocarbonyl (C=S) groups is 1. The Labute approximate surface area is 200 Å². The highest BCUT2D eigenvalue weighted by atomic mass is 35.5. The molecule has 8 heteroatoms. The van der Waals surface area contributed by atoms with E-state index < -0.39 is 11.8 Å². The lowest BCUT2D eigenvalue weighted by atomic mass is 9.93. The van der Waals surface area contributed by atoms with E-state index in [9.17, 15) is 9.59 Å². The minimum Gasteiger partial charge on any atom is -0.298 e. The largest absolute Gasteiger partial charge is 0.298 e. The zero-order chi connectivity index (χ0) is 23.0. The summed E-state index contributed by atoms with van der Waals surface area (Å²) in [5, 5.41) is 6.17. The number of anilines is 1. The molecule has 2 heterocycles. The van der Waals surface area contributed by atoms with Crippen LogP contribution < -0.4 is 10.2 Å². The van der Waals surface area contributed by atoms with Crippen LogP contribution in [0.3, 0.4) is 0 Å². The first-order valence-corrected chi connectivity index (χ1v) is 11.5. The maximum absolute atomic E-state index is 13.1. The van der Waals surface area contributed by atoms with Crippen molar-refractivity contribution in [1.29, 1.82) is 0 Å². The van der Waals surface area contributed by atoms with Crippen molar-refractivity contribution in [2.75, 3.05) is 4.90 Å². The van der Waals surface area contributed by atoms with Crippen molar-refractivity contribution in [2.45, 2.75) is 26.2 Å². The molecule has 1 aliphatic rings. The summed E-state index contributed by atoms with van der Waals surface area (Å²) in [6.45, 7) is 6.39. The lowest BCUT2D eigenvalue weighted by Crippen LogP contribution is -2.54. The standard InChI is InChI=1S/C24H20ClN3O2S2/c1-24(2,3)19-13-32-21(26-19)15-6-4-14(5-7-15)12-18-20(29)27-23(31)28(22(18)30)17-10-8-16(25)9-11-17/h4-13H,1-3H3,(H,27,29,31). The molecule has 0 aliphatic carbocycles. The zero-order valence-electron chi connectivity index (χ0n) is 17.7. The van der Waals surface area contributed by atoms with Crippen LogP contribution in [0.5, 0.6) is 0 Å². The number of aromatic nitrogens is 1. The molecular weight excluding hydrogens is 462 g/mol. The molecular formula is C24H20ClN3O2S2. The Bertz CT molecular complexity index is 1240. The predicted octanol–water partition coefficient (Wildman–Crippen LogP) is 5.59. The molecule has 32 heavy (non-hydrogen) atoms. The summed E-state index contributed by atoms with van der Waals surface area (Å²) in [4.78, 5) is 31.6. The molecule has 162 valence electrons. The average Bonchev–Trinajstić information content (AvgIpc) is 3.24. The molecule has 1 N–H and O–H groups in total. The normalized spacial score (nSPS) is 15.9. The summed E-state index contributed by atoms with van der Waals surface area (Å²) in [6.07, 6.45) is 1.56. The summed E-state index contributed by atoms with van der Waals surface area (Å²) in [5.74, 6) is -1.01. The van der Waals surface area contributed by atoms with Gasteiger partial charge in [-0.3, -0.25) is 19.8 Å². The lowest BCUT2D eigenvalue weighted by Gasteiger charge is -2.28. The van der Waals surface area contributed by atoms with Crippen molar-refractivity contribution in [3.63, 3.8) is 0 Å². The molecule has 1 aromatic heterocycles. The summed E-state index contributed by atoms with van der Waals surface area (Å²) in [5.41, 5.74) is 3.28. The highest BCUT2D eigenvalue weighted by molar-refractivity contribution is 7.80. The maximum Gasteiger partial charge on any atom is 0.270 e. The number of carbonyl (C=O) groups is 2. The first-order valence-electron chi connectivity index (χ1n) is 9.87. The third-order valence-corrected chi connectivity index (χ3v) is 6.36. The van der Waals surface area contributed by atoms with E-state index in [1.807, 2.05) is 24.3 Å². The Morgan fingerprint density at radius 2 is 1.72 bits per heavy atom. The third kappa shape index (κ3) is 4.50. The molecule has 4 rings (SSSR count). The molecule has 1 saturated heterocycles. The van der Waals surface area contributed by atoms with Gasteiger partial charge in [-0.25, -0.2) is 4.98 Å². The van der Waals surface area contributed by atoms with Gasteiger partial charge in [-0.1, -0.05) is 56.6 Å². The number of carbonyl (C=O) groups excluding carboxylic acids is 2. The molecule has 1 aliphatic heterocycles. The summed E-state index contributed by atoms with van der Waals surface area (Å²) in [6, 6.07) is 14.3. The fourth-order valence-corrected chi connectivity index (χ4v) is 4.58. The van der Waals surface area contributed by atoms with Crippen LogP contribution in [-0.2, 0) is 15.0 Å². The van der Waals surface area contributed by atoms with Crippen molar-refractivity contribution in [3.05, 3.63) is 75.8 Å². The van der Waals surface area contributed by atoms with Crippen molar-refractivity contribution >= 4 is 63.8 Å². The average molecular weight is 482 g/mol. The SMILES string of the molecule is CC(C)(C)c1csc(-c2ccc(C=C3C(=O)NC(=S)N(c4ccc(Cl)cc4)C3=O)cc2)n1. The maximum atomic E-state index is 13.1. The van der Waals surface area contributed by atoms with Gasteiger partial charge in [-0.05, 0) is 48.1 Å². The monoisotopic (exact) mass is 481 g/mol. The van der Waals surface area contributed by atoms with Crippen LogP contribution in [0.1, 0.15) is 32.0 Å². The van der Waals surface area contributed by atoms with E-state index in [0.29, 0.717) is 10.7 Å². The van der Waals surface area contributed by atoms with Crippen LogP contribution in [0, 0.1) is 0 Å². The van der Waals surface area contributed by atoms with Crippen LogP contribution in [0.2, 0.25) is 5.02 Å².